The Balaban J connectivity index is 1.92. The predicted octanol–water partition coefficient (Wildman–Crippen LogP) is 5.02. The van der Waals surface area contributed by atoms with E-state index in [-0.39, 0.29) is 24.2 Å². The van der Waals surface area contributed by atoms with E-state index in [0.717, 1.165) is 42.7 Å². The lowest BCUT2D eigenvalue weighted by Crippen LogP contribution is -2.54. The smallest absolute Gasteiger partial charge is 0.244 e. The maximum atomic E-state index is 13.7. The van der Waals surface area contributed by atoms with Crippen molar-refractivity contribution in [1.82, 2.24) is 10.2 Å². The molecule has 3 rings (SSSR count). The molecule has 0 aliphatic heterocycles. The van der Waals surface area contributed by atoms with Crippen molar-refractivity contribution in [1.29, 1.82) is 0 Å². The van der Waals surface area contributed by atoms with Crippen LogP contribution in [0.4, 0.5) is 5.69 Å². The number of amides is 2. The molecule has 2 aromatic rings. The van der Waals surface area contributed by atoms with Gasteiger partial charge in [-0.05, 0) is 49.1 Å². The second-order valence-electron chi connectivity index (χ2n) is 9.13. The number of hydrogen-bond donors (Lipinski definition) is 1. The lowest BCUT2D eigenvalue weighted by molar-refractivity contribution is -0.140. The second kappa shape index (κ2) is 12.8. The Morgan fingerprint density at radius 3 is 2.36 bits per heavy atom. The molecular weight excluding hydrogens is 521 g/mol. The minimum Gasteiger partial charge on any atom is -0.352 e. The van der Waals surface area contributed by atoms with Gasteiger partial charge in [-0.3, -0.25) is 13.9 Å². The number of carbonyl (C=O) groups excluding carboxylic acids is 2. The summed E-state index contributed by atoms with van der Waals surface area (Å²) < 4.78 is 26.3. The Bertz CT molecular complexity index is 1170. The summed E-state index contributed by atoms with van der Waals surface area (Å²) in [4.78, 5) is 28.5. The number of nitrogens with zero attached hydrogens (tertiary/aromatic N) is 2. The molecule has 7 nitrogen and oxygen atoms in total. The molecule has 0 aromatic heterocycles. The first-order valence-electron chi connectivity index (χ1n) is 12.2. The van der Waals surface area contributed by atoms with E-state index in [4.69, 9.17) is 23.2 Å². The fraction of sp³-hybridized carbons (Fsp3) is 0.462. The Labute approximate surface area is 223 Å². The fourth-order valence-electron chi connectivity index (χ4n) is 4.52. The highest BCUT2D eigenvalue weighted by Crippen LogP contribution is 2.25. The SMILES string of the molecule is CC[C@H](C(=O)NC1CCCCC1)N(Cc1ccccc1Cl)C(=O)CN(c1cccc(Cl)c1)S(C)(=O)=O. The molecule has 1 aliphatic carbocycles. The van der Waals surface area contributed by atoms with E-state index in [1.54, 1.807) is 36.4 Å². The zero-order chi connectivity index (χ0) is 26.3. The molecule has 0 saturated heterocycles. The number of anilines is 1. The Morgan fingerprint density at radius 2 is 1.75 bits per heavy atom. The first-order valence-corrected chi connectivity index (χ1v) is 14.8. The van der Waals surface area contributed by atoms with Crippen molar-refractivity contribution in [2.75, 3.05) is 17.1 Å². The average Bonchev–Trinajstić information content (AvgIpc) is 2.83. The van der Waals surface area contributed by atoms with Crippen LogP contribution >= 0.6 is 23.2 Å². The summed E-state index contributed by atoms with van der Waals surface area (Å²) in [5.74, 6) is -0.746. The van der Waals surface area contributed by atoms with Gasteiger partial charge in [0.05, 0.1) is 11.9 Å². The number of hydrogen-bond acceptors (Lipinski definition) is 4. The van der Waals surface area contributed by atoms with E-state index in [9.17, 15) is 18.0 Å². The predicted molar refractivity (Wildman–Crippen MR) is 145 cm³/mol. The zero-order valence-electron chi connectivity index (χ0n) is 20.6. The normalized spacial score (nSPS) is 15.2. The number of benzene rings is 2. The van der Waals surface area contributed by atoms with Gasteiger partial charge in [0, 0.05) is 22.6 Å². The molecule has 1 fully saturated rings. The maximum Gasteiger partial charge on any atom is 0.244 e. The molecule has 2 aromatic carbocycles. The molecule has 1 aliphatic rings. The minimum absolute atomic E-state index is 0.0717. The molecule has 0 bridgehead atoms. The van der Waals surface area contributed by atoms with Crippen LogP contribution in [0, 0.1) is 0 Å². The van der Waals surface area contributed by atoms with E-state index < -0.39 is 28.5 Å². The Kier molecular flexibility index (Phi) is 10.0. The minimum atomic E-state index is -3.82. The van der Waals surface area contributed by atoms with Crippen LogP contribution in [0.25, 0.3) is 0 Å². The van der Waals surface area contributed by atoms with Gasteiger partial charge in [0.1, 0.15) is 12.6 Å². The molecule has 2 amide bonds. The van der Waals surface area contributed by atoms with Crippen molar-refractivity contribution in [3.63, 3.8) is 0 Å². The first kappa shape index (κ1) is 28.3. The van der Waals surface area contributed by atoms with Gasteiger partial charge in [-0.2, -0.15) is 0 Å². The largest absolute Gasteiger partial charge is 0.352 e. The zero-order valence-corrected chi connectivity index (χ0v) is 23.0. The van der Waals surface area contributed by atoms with Crippen LogP contribution in [0.15, 0.2) is 48.5 Å². The van der Waals surface area contributed by atoms with E-state index in [1.807, 2.05) is 13.0 Å². The van der Waals surface area contributed by atoms with Crippen LogP contribution in [0.3, 0.4) is 0 Å². The Hall–Kier alpha value is -2.29. The van der Waals surface area contributed by atoms with E-state index in [0.29, 0.717) is 22.0 Å². The number of halogens is 2. The fourth-order valence-corrected chi connectivity index (χ4v) is 5.74. The van der Waals surface area contributed by atoms with E-state index >= 15 is 0 Å². The summed E-state index contributed by atoms with van der Waals surface area (Å²) >= 11 is 12.5. The highest BCUT2D eigenvalue weighted by Gasteiger charge is 2.33. The summed E-state index contributed by atoms with van der Waals surface area (Å²) in [7, 11) is -3.82. The first-order chi connectivity index (χ1) is 17.1. The topological polar surface area (TPSA) is 86.8 Å². The molecule has 1 atom stereocenters. The highest BCUT2D eigenvalue weighted by atomic mass is 35.5. The maximum absolute atomic E-state index is 13.7. The molecule has 0 heterocycles. The van der Waals surface area contributed by atoms with Crippen LogP contribution in [0.1, 0.15) is 51.0 Å². The van der Waals surface area contributed by atoms with Gasteiger partial charge < -0.3 is 10.2 Å². The molecule has 0 spiro atoms. The van der Waals surface area contributed by atoms with Gasteiger partial charge in [0.15, 0.2) is 0 Å². The third-order valence-corrected chi connectivity index (χ3v) is 8.16. The van der Waals surface area contributed by atoms with Gasteiger partial charge in [-0.25, -0.2) is 8.42 Å². The monoisotopic (exact) mass is 553 g/mol. The van der Waals surface area contributed by atoms with Gasteiger partial charge >= 0.3 is 0 Å². The summed E-state index contributed by atoms with van der Waals surface area (Å²) in [5, 5.41) is 3.93. The molecule has 10 heteroatoms. The van der Waals surface area contributed by atoms with Gasteiger partial charge in [0.2, 0.25) is 21.8 Å². The number of nitrogens with one attached hydrogen (secondary N) is 1. The molecular formula is C26H33Cl2N3O4S. The van der Waals surface area contributed by atoms with Crippen molar-refractivity contribution < 1.29 is 18.0 Å². The molecule has 36 heavy (non-hydrogen) atoms. The van der Waals surface area contributed by atoms with Gasteiger partial charge in [0.25, 0.3) is 0 Å². The van der Waals surface area contributed by atoms with E-state index in [2.05, 4.69) is 5.32 Å². The quantitative estimate of drug-likeness (QED) is 0.447. The summed E-state index contributed by atoms with van der Waals surface area (Å²) in [6.07, 6.45) is 6.51. The van der Waals surface area contributed by atoms with E-state index in [1.165, 1.54) is 11.0 Å². The average molecular weight is 555 g/mol. The number of sulfonamides is 1. The van der Waals surface area contributed by atoms with Crippen LogP contribution in [-0.4, -0.2) is 50.0 Å². The van der Waals surface area contributed by atoms with Gasteiger partial charge in [-0.15, -0.1) is 0 Å². The molecule has 196 valence electrons. The number of carbonyl (C=O) groups is 2. The van der Waals surface area contributed by atoms with Crippen LogP contribution < -0.4 is 9.62 Å². The van der Waals surface area contributed by atoms with Crippen LogP contribution in [0.5, 0.6) is 0 Å². The highest BCUT2D eigenvalue weighted by molar-refractivity contribution is 7.92. The molecule has 0 radical (unpaired) electrons. The third kappa shape index (κ3) is 7.60. The van der Waals surface area contributed by atoms with Crippen molar-refractivity contribution in [2.45, 2.75) is 64.1 Å². The molecule has 0 unspecified atom stereocenters. The lowest BCUT2D eigenvalue weighted by Gasteiger charge is -2.34. The van der Waals surface area contributed by atoms with Crippen molar-refractivity contribution in [3.8, 4) is 0 Å². The summed E-state index contributed by atoms with van der Waals surface area (Å²) in [6.45, 7) is 1.43. The van der Waals surface area contributed by atoms with Crippen molar-refractivity contribution in [2.24, 2.45) is 0 Å². The standard InChI is InChI=1S/C26H33Cl2N3O4S/c1-3-24(26(33)29-21-12-5-4-6-13-21)30(17-19-10-7-8-15-23(19)28)25(32)18-31(36(2,34)35)22-14-9-11-20(27)16-22/h7-11,14-16,21,24H,3-6,12-13,17-18H2,1-2H3,(H,29,33)/t24-/m1/s1. The van der Waals surface area contributed by atoms with Gasteiger partial charge in [-0.1, -0.05) is 73.7 Å². The Morgan fingerprint density at radius 1 is 1.06 bits per heavy atom. The van der Waals surface area contributed by atoms with Crippen LogP contribution in [-0.2, 0) is 26.2 Å². The lowest BCUT2D eigenvalue weighted by atomic mass is 9.95. The summed E-state index contributed by atoms with van der Waals surface area (Å²) in [6, 6.07) is 12.7. The van der Waals surface area contributed by atoms with Crippen LogP contribution in [0.2, 0.25) is 10.0 Å². The van der Waals surface area contributed by atoms with Crippen molar-refractivity contribution >= 4 is 50.7 Å². The summed E-state index contributed by atoms with van der Waals surface area (Å²) in [5.41, 5.74) is 0.945. The number of rotatable bonds is 10. The molecule has 1 N–H and O–H groups in total. The molecule has 1 saturated carbocycles. The second-order valence-corrected chi connectivity index (χ2v) is 11.9. The van der Waals surface area contributed by atoms with Crippen molar-refractivity contribution in [3.05, 3.63) is 64.1 Å². The third-order valence-electron chi connectivity index (χ3n) is 6.41.